The molecule has 1 aliphatic rings. The number of hydrogen-bond donors (Lipinski definition) is 2. The lowest BCUT2D eigenvalue weighted by Crippen LogP contribution is -2.19. The van der Waals surface area contributed by atoms with Gasteiger partial charge in [-0.2, -0.15) is 8.42 Å². The monoisotopic (exact) mass is 267 g/mol. The minimum absolute atomic E-state index is 0.479. The van der Waals surface area contributed by atoms with E-state index in [9.17, 15) is 8.42 Å². The molecular formula is C13H17NO3S. The van der Waals surface area contributed by atoms with Crippen molar-refractivity contribution in [1.29, 1.82) is 0 Å². The molecule has 1 atom stereocenters. The van der Waals surface area contributed by atoms with Crippen molar-refractivity contribution in [2.75, 3.05) is 12.8 Å². The quantitative estimate of drug-likeness (QED) is 0.628. The summed E-state index contributed by atoms with van der Waals surface area (Å²) in [5.41, 5.74) is 2.90. The van der Waals surface area contributed by atoms with Crippen LogP contribution in [0.2, 0.25) is 0 Å². The molecule has 0 bridgehead atoms. The van der Waals surface area contributed by atoms with Crippen LogP contribution in [0.3, 0.4) is 0 Å². The Morgan fingerprint density at radius 1 is 1.50 bits per heavy atom. The summed E-state index contributed by atoms with van der Waals surface area (Å²) in [7, 11) is -3.67. The predicted molar refractivity (Wildman–Crippen MR) is 71.8 cm³/mol. The normalized spacial score (nSPS) is 17.3. The van der Waals surface area contributed by atoms with Crippen molar-refractivity contribution in [3.8, 4) is 12.3 Å². The third-order valence-electron chi connectivity index (χ3n) is 2.58. The summed E-state index contributed by atoms with van der Waals surface area (Å²) in [6, 6.07) is 9.06. The minimum Gasteiger partial charge on any atom is -0.299 e. The Morgan fingerprint density at radius 3 is 2.72 bits per heavy atom. The molecule has 1 aromatic carbocycles. The van der Waals surface area contributed by atoms with Gasteiger partial charge >= 0.3 is 0 Å². The van der Waals surface area contributed by atoms with Gasteiger partial charge < -0.3 is 0 Å². The number of benzene rings is 1. The molecule has 98 valence electrons. The number of hydrogen-bond acceptors (Lipinski definition) is 3. The van der Waals surface area contributed by atoms with Crippen LogP contribution in [0, 0.1) is 12.3 Å². The molecule has 0 fully saturated rings. The minimum atomic E-state index is -3.67. The summed E-state index contributed by atoms with van der Waals surface area (Å²) in [5, 5.41) is 3.35. The van der Waals surface area contributed by atoms with E-state index in [4.69, 9.17) is 11.0 Å². The Bertz CT molecular complexity index is 523. The molecule has 0 amide bonds. The molecule has 4 nitrogen and oxygen atoms in total. The van der Waals surface area contributed by atoms with Crippen molar-refractivity contribution in [3.05, 3.63) is 35.4 Å². The molecule has 0 radical (unpaired) electrons. The van der Waals surface area contributed by atoms with E-state index in [1.165, 1.54) is 24.0 Å². The van der Waals surface area contributed by atoms with Gasteiger partial charge in [-0.05, 0) is 24.0 Å². The van der Waals surface area contributed by atoms with E-state index in [1.807, 2.05) is 0 Å². The zero-order valence-electron chi connectivity index (χ0n) is 10.3. The number of aryl methyl sites for hydroxylation is 1. The standard InChI is InChI=1S/C12H13N.CH4O3S/c1-2-9-13-12-8-7-10-5-3-4-6-11(10)12;1-5(2,3)4/h1,3-6,12-13H,7-9H2;1H3,(H,2,3,4). The molecule has 0 aromatic heterocycles. The molecule has 2 rings (SSSR count). The summed E-state index contributed by atoms with van der Waals surface area (Å²) >= 11 is 0. The maximum Gasteiger partial charge on any atom is 0.261 e. The number of terminal acetylenes is 1. The molecule has 18 heavy (non-hydrogen) atoms. The summed E-state index contributed by atoms with van der Waals surface area (Å²) in [5.74, 6) is 2.61. The first-order valence-corrected chi connectivity index (χ1v) is 7.43. The van der Waals surface area contributed by atoms with Gasteiger partial charge in [0, 0.05) is 6.04 Å². The van der Waals surface area contributed by atoms with Crippen LogP contribution in [0.15, 0.2) is 24.3 Å². The predicted octanol–water partition coefficient (Wildman–Crippen LogP) is 1.40. The van der Waals surface area contributed by atoms with Gasteiger partial charge in [-0.25, -0.2) is 0 Å². The lowest BCUT2D eigenvalue weighted by atomic mass is 10.1. The molecular weight excluding hydrogens is 250 g/mol. The third kappa shape index (κ3) is 5.32. The molecule has 0 heterocycles. The highest BCUT2D eigenvalue weighted by Gasteiger charge is 2.20. The van der Waals surface area contributed by atoms with Gasteiger partial charge in [0.1, 0.15) is 0 Å². The Kier molecular flexibility index (Phi) is 5.35. The molecule has 5 heteroatoms. The van der Waals surface area contributed by atoms with Crippen LogP contribution >= 0.6 is 0 Å². The second-order valence-corrected chi connectivity index (χ2v) is 5.57. The summed E-state index contributed by atoms with van der Waals surface area (Å²) < 4.78 is 25.9. The van der Waals surface area contributed by atoms with Crippen molar-refractivity contribution in [1.82, 2.24) is 5.32 Å². The zero-order chi connectivity index (χ0) is 13.6. The number of nitrogens with one attached hydrogen (secondary N) is 1. The Morgan fingerprint density at radius 2 is 2.11 bits per heavy atom. The molecule has 2 N–H and O–H groups in total. The van der Waals surface area contributed by atoms with E-state index in [0.29, 0.717) is 18.8 Å². The topological polar surface area (TPSA) is 66.4 Å². The Balaban J connectivity index is 0.000000280. The SMILES string of the molecule is C#CCNC1CCc2ccccc21.CS(=O)(=O)O. The van der Waals surface area contributed by atoms with E-state index in [1.54, 1.807) is 0 Å². The highest BCUT2D eigenvalue weighted by Crippen LogP contribution is 2.30. The van der Waals surface area contributed by atoms with Crippen molar-refractivity contribution in [2.45, 2.75) is 18.9 Å². The van der Waals surface area contributed by atoms with E-state index >= 15 is 0 Å². The fourth-order valence-electron chi connectivity index (χ4n) is 1.95. The maximum atomic E-state index is 9.19. The molecule has 0 saturated carbocycles. The highest BCUT2D eigenvalue weighted by atomic mass is 32.2. The zero-order valence-corrected chi connectivity index (χ0v) is 11.1. The van der Waals surface area contributed by atoms with Crippen molar-refractivity contribution >= 4 is 10.1 Å². The third-order valence-corrected chi connectivity index (χ3v) is 2.58. The molecule has 1 aromatic rings. The largest absolute Gasteiger partial charge is 0.299 e. The first kappa shape index (κ1) is 14.7. The van der Waals surface area contributed by atoms with Crippen LogP contribution in [0.5, 0.6) is 0 Å². The summed E-state index contributed by atoms with van der Waals surface area (Å²) in [6.45, 7) is 0.666. The maximum absolute atomic E-state index is 9.19. The fraction of sp³-hybridized carbons (Fsp3) is 0.385. The Hall–Kier alpha value is -1.35. The fourth-order valence-corrected chi connectivity index (χ4v) is 1.95. The van der Waals surface area contributed by atoms with E-state index < -0.39 is 10.1 Å². The van der Waals surface area contributed by atoms with Crippen molar-refractivity contribution in [2.24, 2.45) is 0 Å². The smallest absolute Gasteiger partial charge is 0.261 e. The number of fused-ring (bicyclic) bond motifs is 1. The van der Waals surface area contributed by atoms with Gasteiger partial charge in [0.05, 0.1) is 12.8 Å². The van der Waals surface area contributed by atoms with Crippen LogP contribution in [0.1, 0.15) is 23.6 Å². The second-order valence-electron chi connectivity index (χ2n) is 4.11. The molecule has 0 saturated heterocycles. The molecule has 0 spiro atoms. The average Bonchev–Trinajstić information content (AvgIpc) is 2.67. The van der Waals surface area contributed by atoms with Crippen LogP contribution in [-0.2, 0) is 16.5 Å². The van der Waals surface area contributed by atoms with Crippen LogP contribution in [0.4, 0.5) is 0 Å². The average molecular weight is 267 g/mol. The lowest BCUT2D eigenvalue weighted by molar-refractivity contribution is 0.490. The van der Waals surface area contributed by atoms with E-state index in [-0.39, 0.29) is 0 Å². The second kappa shape index (κ2) is 6.55. The van der Waals surface area contributed by atoms with Gasteiger partial charge in [-0.15, -0.1) is 6.42 Å². The molecule has 0 aliphatic heterocycles. The van der Waals surface area contributed by atoms with Gasteiger partial charge in [0.15, 0.2) is 0 Å². The first-order chi connectivity index (χ1) is 8.42. The van der Waals surface area contributed by atoms with Gasteiger partial charge in [-0.3, -0.25) is 9.87 Å². The summed E-state index contributed by atoms with van der Waals surface area (Å²) in [4.78, 5) is 0. The van der Waals surface area contributed by atoms with Gasteiger partial charge in [0.25, 0.3) is 10.1 Å². The molecule has 1 aliphatic carbocycles. The lowest BCUT2D eigenvalue weighted by Gasteiger charge is -2.10. The van der Waals surface area contributed by atoms with E-state index in [2.05, 4.69) is 35.5 Å². The van der Waals surface area contributed by atoms with Crippen LogP contribution < -0.4 is 5.32 Å². The Labute approximate surface area is 108 Å². The van der Waals surface area contributed by atoms with Crippen molar-refractivity contribution in [3.63, 3.8) is 0 Å². The van der Waals surface area contributed by atoms with E-state index in [0.717, 1.165) is 0 Å². The van der Waals surface area contributed by atoms with Crippen molar-refractivity contribution < 1.29 is 13.0 Å². The van der Waals surface area contributed by atoms with Crippen LogP contribution in [0.25, 0.3) is 0 Å². The number of rotatable bonds is 2. The van der Waals surface area contributed by atoms with Gasteiger partial charge in [0.2, 0.25) is 0 Å². The van der Waals surface area contributed by atoms with Crippen LogP contribution in [-0.4, -0.2) is 25.8 Å². The highest BCUT2D eigenvalue weighted by molar-refractivity contribution is 7.85. The van der Waals surface area contributed by atoms with Gasteiger partial charge in [-0.1, -0.05) is 30.2 Å². The molecule has 1 unspecified atom stereocenters. The summed E-state index contributed by atoms with van der Waals surface area (Å²) in [6.07, 6.45) is 8.29. The first-order valence-electron chi connectivity index (χ1n) is 5.59.